The summed E-state index contributed by atoms with van der Waals surface area (Å²) in [5, 5.41) is 11.0. The monoisotopic (exact) mass is 419 g/mol. The summed E-state index contributed by atoms with van der Waals surface area (Å²) in [5.74, 6) is 5.25. The van der Waals surface area contributed by atoms with Crippen LogP contribution >= 0.6 is 0 Å². The maximum atomic E-state index is 13.2. The van der Waals surface area contributed by atoms with Gasteiger partial charge in [-0.25, -0.2) is 4.98 Å². The van der Waals surface area contributed by atoms with Crippen LogP contribution in [-0.2, 0) is 4.79 Å². The van der Waals surface area contributed by atoms with Crippen LogP contribution in [0.15, 0.2) is 30.7 Å². The molecule has 2 unspecified atom stereocenters. The summed E-state index contributed by atoms with van der Waals surface area (Å²) in [4.78, 5) is 35.7. The van der Waals surface area contributed by atoms with E-state index in [1.165, 1.54) is 18.6 Å². The first-order valence-electron chi connectivity index (χ1n) is 10.7. The summed E-state index contributed by atoms with van der Waals surface area (Å²) >= 11 is 0. The van der Waals surface area contributed by atoms with Crippen LogP contribution in [0.3, 0.4) is 0 Å². The number of ketones is 1. The van der Waals surface area contributed by atoms with E-state index in [1.54, 1.807) is 11.8 Å². The van der Waals surface area contributed by atoms with Crippen molar-refractivity contribution in [2.75, 3.05) is 13.1 Å². The third-order valence-corrected chi connectivity index (χ3v) is 5.75. The number of carbonyl (C=O) groups excluding carboxylic acids is 2. The number of amides is 1. The quantitative estimate of drug-likeness (QED) is 0.756. The van der Waals surface area contributed by atoms with Crippen molar-refractivity contribution in [1.29, 1.82) is 0 Å². The van der Waals surface area contributed by atoms with Gasteiger partial charge in [0.15, 0.2) is 0 Å². The lowest BCUT2D eigenvalue weighted by atomic mass is 9.80. The molecule has 0 bridgehead atoms. The SMILES string of the molecule is CC#Cc1cc(C)c(C2C(=O)CCCN(C(=O)c3cnccn3)CCCC2O)c(C)c1. The molecule has 0 aliphatic carbocycles. The molecule has 1 amide bonds. The van der Waals surface area contributed by atoms with Gasteiger partial charge in [0.25, 0.3) is 5.91 Å². The van der Waals surface area contributed by atoms with E-state index >= 15 is 0 Å². The molecule has 2 aromatic rings. The summed E-state index contributed by atoms with van der Waals surface area (Å²) in [6, 6.07) is 3.97. The number of carbonyl (C=O) groups is 2. The van der Waals surface area contributed by atoms with Gasteiger partial charge in [0.1, 0.15) is 11.5 Å². The second-order valence-corrected chi connectivity index (χ2v) is 8.04. The fourth-order valence-electron chi connectivity index (χ4n) is 4.39. The summed E-state index contributed by atoms with van der Waals surface area (Å²) in [5.41, 5.74) is 4.08. The van der Waals surface area contributed by atoms with E-state index in [9.17, 15) is 14.7 Å². The van der Waals surface area contributed by atoms with E-state index in [1.807, 2.05) is 26.0 Å². The average Bonchev–Trinajstić information content (AvgIpc) is 2.75. The molecule has 0 saturated carbocycles. The Kier molecular flexibility index (Phi) is 7.54. The lowest BCUT2D eigenvalue weighted by Crippen LogP contribution is -2.37. The van der Waals surface area contributed by atoms with E-state index in [0.717, 1.165) is 22.3 Å². The van der Waals surface area contributed by atoms with Crippen molar-refractivity contribution < 1.29 is 14.7 Å². The smallest absolute Gasteiger partial charge is 0.274 e. The molecule has 6 nitrogen and oxygen atoms in total. The zero-order valence-corrected chi connectivity index (χ0v) is 18.4. The standard InChI is InChI=1S/C25H29N3O3/c1-4-7-19-14-17(2)23(18(3)15-19)24-21(29)8-5-12-28(13-6-9-22(24)30)25(31)20-16-26-10-11-27-20/h10-11,14-16,21,24,29H,5-6,8-9,12-13H2,1-3H3. The molecular weight excluding hydrogens is 390 g/mol. The zero-order valence-electron chi connectivity index (χ0n) is 18.4. The Balaban J connectivity index is 1.80. The number of aromatic nitrogens is 2. The van der Waals surface area contributed by atoms with Crippen molar-refractivity contribution in [2.24, 2.45) is 0 Å². The number of aryl methyl sites for hydroxylation is 2. The van der Waals surface area contributed by atoms with Gasteiger partial charge in [0.2, 0.25) is 0 Å². The zero-order chi connectivity index (χ0) is 22.4. The Morgan fingerprint density at radius 3 is 2.52 bits per heavy atom. The number of nitrogens with zero attached hydrogens (tertiary/aromatic N) is 3. The molecule has 1 saturated heterocycles. The van der Waals surface area contributed by atoms with Gasteiger partial charge in [-0.15, -0.1) is 5.92 Å². The van der Waals surface area contributed by atoms with E-state index in [2.05, 4.69) is 21.8 Å². The topological polar surface area (TPSA) is 83.4 Å². The average molecular weight is 420 g/mol. The molecule has 1 aromatic carbocycles. The fourth-order valence-corrected chi connectivity index (χ4v) is 4.39. The van der Waals surface area contributed by atoms with Crippen molar-refractivity contribution in [3.63, 3.8) is 0 Å². The summed E-state index contributed by atoms with van der Waals surface area (Å²) in [6.07, 6.45) is 5.58. The molecule has 1 fully saturated rings. The Morgan fingerprint density at radius 2 is 1.87 bits per heavy atom. The number of hydrogen-bond acceptors (Lipinski definition) is 5. The lowest BCUT2D eigenvalue weighted by Gasteiger charge is -2.29. The highest BCUT2D eigenvalue weighted by Crippen LogP contribution is 2.32. The van der Waals surface area contributed by atoms with Crippen LogP contribution in [0.5, 0.6) is 0 Å². The number of Topliss-reactive ketones (excluding diaryl/α,β-unsaturated/α-hetero) is 1. The van der Waals surface area contributed by atoms with Crippen LogP contribution < -0.4 is 0 Å². The molecule has 0 radical (unpaired) electrons. The van der Waals surface area contributed by atoms with Gasteiger partial charge in [-0.1, -0.05) is 5.92 Å². The number of aliphatic hydroxyl groups excluding tert-OH is 1. The first-order chi connectivity index (χ1) is 14.9. The Hall–Kier alpha value is -3.04. The van der Waals surface area contributed by atoms with Gasteiger partial charge in [0, 0.05) is 37.5 Å². The second kappa shape index (κ2) is 10.3. The van der Waals surface area contributed by atoms with Crippen molar-refractivity contribution in [3.8, 4) is 11.8 Å². The van der Waals surface area contributed by atoms with E-state index in [4.69, 9.17) is 0 Å². The summed E-state index contributed by atoms with van der Waals surface area (Å²) in [7, 11) is 0. The maximum Gasteiger partial charge on any atom is 0.274 e. The van der Waals surface area contributed by atoms with Crippen LogP contribution in [-0.4, -0.2) is 50.9 Å². The van der Waals surface area contributed by atoms with E-state index in [-0.39, 0.29) is 11.7 Å². The Morgan fingerprint density at radius 1 is 1.16 bits per heavy atom. The van der Waals surface area contributed by atoms with Crippen LogP contribution in [0.4, 0.5) is 0 Å². The minimum atomic E-state index is -0.792. The van der Waals surface area contributed by atoms with Gasteiger partial charge in [-0.2, -0.15) is 0 Å². The molecule has 6 heteroatoms. The predicted molar refractivity (Wildman–Crippen MR) is 119 cm³/mol. The molecule has 1 aliphatic heterocycles. The van der Waals surface area contributed by atoms with Crippen molar-refractivity contribution in [2.45, 2.75) is 58.5 Å². The van der Waals surface area contributed by atoms with Crippen LogP contribution in [0, 0.1) is 25.7 Å². The third kappa shape index (κ3) is 5.36. The molecule has 1 aliphatic rings. The minimum Gasteiger partial charge on any atom is -0.392 e. The first kappa shape index (κ1) is 22.6. The number of hydrogen-bond donors (Lipinski definition) is 1. The molecule has 31 heavy (non-hydrogen) atoms. The molecule has 1 N–H and O–H groups in total. The van der Waals surface area contributed by atoms with Crippen molar-refractivity contribution in [1.82, 2.24) is 14.9 Å². The van der Waals surface area contributed by atoms with Crippen LogP contribution in [0.25, 0.3) is 0 Å². The van der Waals surface area contributed by atoms with E-state index < -0.39 is 12.0 Å². The van der Waals surface area contributed by atoms with Gasteiger partial charge >= 0.3 is 0 Å². The second-order valence-electron chi connectivity index (χ2n) is 8.04. The highest BCUT2D eigenvalue weighted by molar-refractivity contribution is 5.92. The highest BCUT2D eigenvalue weighted by Gasteiger charge is 2.32. The van der Waals surface area contributed by atoms with E-state index in [0.29, 0.717) is 44.5 Å². The van der Waals surface area contributed by atoms with Crippen molar-refractivity contribution in [3.05, 3.63) is 58.7 Å². The Bertz CT molecular complexity index is 985. The largest absolute Gasteiger partial charge is 0.392 e. The molecule has 0 spiro atoms. The summed E-state index contributed by atoms with van der Waals surface area (Å²) in [6.45, 7) is 6.74. The molecule has 3 rings (SSSR count). The summed E-state index contributed by atoms with van der Waals surface area (Å²) < 4.78 is 0. The molecule has 162 valence electrons. The van der Waals surface area contributed by atoms with Gasteiger partial charge in [-0.05, 0) is 68.9 Å². The molecule has 1 aromatic heterocycles. The molecular formula is C25H29N3O3. The van der Waals surface area contributed by atoms with Gasteiger partial charge < -0.3 is 10.0 Å². The van der Waals surface area contributed by atoms with Crippen LogP contribution in [0.1, 0.15) is 71.3 Å². The van der Waals surface area contributed by atoms with Crippen molar-refractivity contribution >= 4 is 11.7 Å². The van der Waals surface area contributed by atoms with Gasteiger partial charge in [-0.3, -0.25) is 14.6 Å². The molecule has 2 heterocycles. The lowest BCUT2D eigenvalue weighted by molar-refractivity contribution is -0.123. The number of benzene rings is 1. The highest BCUT2D eigenvalue weighted by atomic mass is 16.3. The van der Waals surface area contributed by atoms with Crippen LogP contribution in [0.2, 0.25) is 0 Å². The Labute approximate surface area is 183 Å². The molecule has 2 atom stereocenters. The fraction of sp³-hybridized carbons (Fsp3) is 0.440. The number of aliphatic hydroxyl groups is 1. The third-order valence-electron chi connectivity index (χ3n) is 5.75. The van der Waals surface area contributed by atoms with Gasteiger partial charge in [0.05, 0.1) is 18.2 Å². The normalized spacial score (nSPS) is 20.0. The first-order valence-corrected chi connectivity index (χ1v) is 10.7. The minimum absolute atomic E-state index is 0.0156. The predicted octanol–water partition coefficient (Wildman–Crippen LogP) is 3.19. The maximum absolute atomic E-state index is 13.2. The number of rotatable bonds is 2.